The number of rotatable bonds is 3. The summed E-state index contributed by atoms with van der Waals surface area (Å²) in [7, 11) is 0. The second-order valence-corrected chi connectivity index (χ2v) is 5.10. The van der Waals surface area contributed by atoms with Crippen molar-refractivity contribution in [2.45, 2.75) is 50.7 Å². The SMILES string of the molecule is Nc1ccc(NC2CCCCCC2O)c(C(F)F)c1. The molecule has 0 heterocycles. The second-order valence-electron chi connectivity index (χ2n) is 5.10. The number of aliphatic hydroxyl groups excluding tert-OH is 1. The highest BCUT2D eigenvalue weighted by atomic mass is 19.3. The number of benzene rings is 1. The summed E-state index contributed by atoms with van der Waals surface area (Å²) in [4.78, 5) is 0. The van der Waals surface area contributed by atoms with Gasteiger partial charge < -0.3 is 16.2 Å². The summed E-state index contributed by atoms with van der Waals surface area (Å²) in [6.07, 6.45) is 1.54. The Kier molecular flexibility index (Phi) is 4.58. The molecule has 0 spiro atoms. The first-order valence-electron chi connectivity index (χ1n) is 6.70. The number of alkyl halides is 2. The average molecular weight is 270 g/mol. The van der Waals surface area contributed by atoms with Crippen molar-refractivity contribution in [3.05, 3.63) is 23.8 Å². The third kappa shape index (κ3) is 3.56. The van der Waals surface area contributed by atoms with E-state index in [0.29, 0.717) is 11.4 Å². The van der Waals surface area contributed by atoms with E-state index >= 15 is 0 Å². The zero-order valence-corrected chi connectivity index (χ0v) is 10.8. The highest BCUT2D eigenvalue weighted by Gasteiger charge is 2.23. The summed E-state index contributed by atoms with van der Waals surface area (Å²) >= 11 is 0. The number of aliphatic hydroxyl groups is 1. The summed E-state index contributed by atoms with van der Waals surface area (Å²) in [6.45, 7) is 0. The van der Waals surface area contributed by atoms with E-state index in [1.165, 1.54) is 6.07 Å². The lowest BCUT2D eigenvalue weighted by Gasteiger charge is -2.24. The van der Waals surface area contributed by atoms with Gasteiger partial charge in [0.2, 0.25) is 0 Å². The molecule has 1 aliphatic rings. The molecule has 2 unspecified atom stereocenters. The molecule has 2 atom stereocenters. The van der Waals surface area contributed by atoms with Crippen LogP contribution in [0.15, 0.2) is 18.2 Å². The molecular weight excluding hydrogens is 250 g/mol. The lowest BCUT2D eigenvalue weighted by Crippen LogP contribution is -2.32. The van der Waals surface area contributed by atoms with Gasteiger partial charge in [-0.2, -0.15) is 0 Å². The number of hydrogen-bond acceptors (Lipinski definition) is 3. The topological polar surface area (TPSA) is 58.3 Å². The fourth-order valence-corrected chi connectivity index (χ4v) is 2.55. The minimum absolute atomic E-state index is 0.101. The van der Waals surface area contributed by atoms with Crippen LogP contribution in [0.25, 0.3) is 0 Å². The van der Waals surface area contributed by atoms with Crippen LogP contribution in [0.5, 0.6) is 0 Å². The summed E-state index contributed by atoms with van der Waals surface area (Å²) in [6, 6.07) is 4.28. The van der Waals surface area contributed by atoms with Crippen molar-refractivity contribution in [1.82, 2.24) is 0 Å². The number of nitrogen functional groups attached to an aromatic ring is 1. The Bertz CT molecular complexity index is 426. The molecule has 0 aromatic heterocycles. The van der Waals surface area contributed by atoms with Crippen molar-refractivity contribution in [1.29, 1.82) is 0 Å². The molecule has 19 heavy (non-hydrogen) atoms. The molecule has 4 N–H and O–H groups in total. The Morgan fingerprint density at radius 3 is 2.68 bits per heavy atom. The Morgan fingerprint density at radius 1 is 1.21 bits per heavy atom. The van der Waals surface area contributed by atoms with Gasteiger partial charge in [-0.3, -0.25) is 0 Å². The first-order chi connectivity index (χ1) is 9.08. The maximum absolute atomic E-state index is 13.0. The van der Waals surface area contributed by atoms with Gasteiger partial charge >= 0.3 is 0 Å². The van der Waals surface area contributed by atoms with Crippen molar-refractivity contribution in [2.75, 3.05) is 11.1 Å². The fourth-order valence-electron chi connectivity index (χ4n) is 2.55. The molecule has 1 saturated carbocycles. The minimum atomic E-state index is -2.58. The van der Waals surface area contributed by atoms with E-state index in [9.17, 15) is 13.9 Å². The van der Waals surface area contributed by atoms with Gasteiger partial charge in [-0.25, -0.2) is 8.78 Å². The minimum Gasteiger partial charge on any atom is -0.399 e. The maximum Gasteiger partial charge on any atom is 0.265 e. The van der Waals surface area contributed by atoms with E-state index < -0.39 is 12.5 Å². The van der Waals surface area contributed by atoms with Crippen LogP contribution in [0.2, 0.25) is 0 Å². The third-order valence-corrected chi connectivity index (χ3v) is 3.63. The summed E-state index contributed by atoms with van der Waals surface area (Å²) in [5.41, 5.74) is 6.13. The molecule has 106 valence electrons. The number of anilines is 2. The van der Waals surface area contributed by atoms with Crippen LogP contribution in [-0.2, 0) is 0 Å². The third-order valence-electron chi connectivity index (χ3n) is 3.63. The van der Waals surface area contributed by atoms with E-state index in [0.717, 1.165) is 32.1 Å². The van der Waals surface area contributed by atoms with Gasteiger partial charge in [0.05, 0.1) is 12.1 Å². The van der Waals surface area contributed by atoms with Gasteiger partial charge in [-0.05, 0) is 31.0 Å². The van der Waals surface area contributed by atoms with Gasteiger partial charge in [0.1, 0.15) is 0 Å². The van der Waals surface area contributed by atoms with Gasteiger partial charge in [-0.1, -0.05) is 19.3 Å². The van der Waals surface area contributed by atoms with Gasteiger partial charge in [0.15, 0.2) is 0 Å². The Balaban J connectivity index is 2.17. The van der Waals surface area contributed by atoms with Crippen LogP contribution in [0.1, 0.15) is 44.1 Å². The van der Waals surface area contributed by atoms with Crippen molar-refractivity contribution in [3.63, 3.8) is 0 Å². The van der Waals surface area contributed by atoms with Crippen molar-refractivity contribution >= 4 is 11.4 Å². The Hall–Kier alpha value is -1.36. The predicted octanol–water partition coefficient (Wildman–Crippen LogP) is 3.31. The highest BCUT2D eigenvalue weighted by molar-refractivity contribution is 5.59. The molecule has 0 aliphatic heterocycles. The first kappa shape index (κ1) is 14.1. The van der Waals surface area contributed by atoms with E-state index in [1.807, 2.05) is 0 Å². The van der Waals surface area contributed by atoms with E-state index in [-0.39, 0.29) is 11.6 Å². The molecule has 3 nitrogen and oxygen atoms in total. The molecule has 1 aliphatic carbocycles. The van der Waals surface area contributed by atoms with E-state index in [2.05, 4.69) is 5.32 Å². The number of hydrogen-bond donors (Lipinski definition) is 3. The van der Waals surface area contributed by atoms with Crippen LogP contribution in [0.4, 0.5) is 20.2 Å². The van der Waals surface area contributed by atoms with Crippen molar-refractivity contribution in [3.8, 4) is 0 Å². The van der Waals surface area contributed by atoms with Crippen LogP contribution >= 0.6 is 0 Å². The number of halogens is 2. The van der Waals surface area contributed by atoms with Crippen molar-refractivity contribution in [2.24, 2.45) is 0 Å². The second kappa shape index (κ2) is 6.19. The number of nitrogens with one attached hydrogen (secondary N) is 1. The lowest BCUT2D eigenvalue weighted by atomic mass is 10.0. The Morgan fingerprint density at radius 2 is 1.95 bits per heavy atom. The van der Waals surface area contributed by atoms with E-state index in [1.54, 1.807) is 12.1 Å². The normalized spacial score (nSPS) is 24.2. The summed E-state index contributed by atoms with van der Waals surface area (Å²) < 4.78 is 26.0. The molecule has 5 heteroatoms. The van der Waals surface area contributed by atoms with Crippen molar-refractivity contribution < 1.29 is 13.9 Å². The van der Waals surface area contributed by atoms with Crippen LogP contribution < -0.4 is 11.1 Å². The average Bonchev–Trinajstić information content (AvgIpc) is 2.57. The van der Waals surface area contributed by atoms with Gasteiger partial charge in [0, 0.05) is 16.9 Å². The molecule has 1 aromatic rings. The molecule has 0 amide bonds. The van der Waals surface area contributed by atoms with Gasteiger partial charge in [0.25, 0.3) is 6.43 Å². The lowest BCUT2D eigenvalue weighted by molar-refractivity contribution is 0.142. The number of nitrogens with two attached hydrogens (primary N) is 1. The predicted molar refractivity (Wildman–Crippen MR) is 72.3 cm³/mol. The molecule has 0 bridgehead atoms. The molecule has 2 rings (SSSR count). The highest BCUT2D eigenvalue weighted by Crippen LogP contribution is 2.31. The quantitative estimate of drug-likeness (QED) is 0.583. The Labute approximate surface area is 111 Å². The molecule has 1 aromatic carbocycles. The van der Waals surface area contributed by atoms with E-state index in [4.69, 9.17) is 5.73 Å². The van der Waals surface area contributed by atoms with Gasteiger partial charge in [-0.15, -0.1) is 0 Å². The zero-order chi connectivity index (χ0) is 13.8. The first-order valence-corrected chi connectivity index (χ1v) is 6.70. The smallest absolute Gasteiger partial charge is 0.265 e. The monoisotopic (exact) mass is 270 g/mol. The zero-order valence-electron chi connectivity index (χ0n) is 10.8. The summed E-state index contributed by atoms with van der Waals surface area (Å²) in [5, 5.41) is 13.1. The molecule has 1 fully saturated rings. The maximum atomic E-state index is 13.0. The van der Waals surface area contributed by atoms with Crippen LogP contribution in [0, 0.1) is 0 Å². The van der Waals surface area contributed by atoms with Crippen LogP contribution in [-0.4, -0.2) is 17.3 Å². The largest absolute Gasteiger partial charge is 0.399 e. The fraction of sp³-hybridized carbons (Fsp3) is 0.571. The van der Waals surface area contributed by atoms with Crippen LogP contribution in [0.3, 0.4) is 0 Å². The molecular formula is C14H20F2N2O. The standard InChI is InChI=1S/C14H20F2N2O/c15-14(16)10-8-9(17)6-7-11(10)18-12-4-2-1-3-5-13(12)19/h6-8,12-14,18-19H,1-5,17H2. The molecule has 0 saturated heterocycles. The molecule has 0 radical (unpaired) electrons. The summed E-state index contributed by atoms with van der Waals surface area (Å²) in [5.74, 6) is 0.